The van der Waals surface area contributed by atoms with Crippen LogP contribution in [0.4, 0.5) is 0 Å². The number of pyridine rings is 1. The molecule has 0 N–H and O–H groups in total. The Bertz CT molecular complexity index is 1350. The van der Waals surface area contributed by atoms with Gasteiger partial charge in [0.05, 0.1) is 0 Å². The molecule has 0 saturated heterocycles. The van der Waals surface area contributed by atoms with E-state index in [2.05, 4.69) is 28.1 Å². The standard InChI is InChI=1S/C19H15N5O2Se/c1-3-26-14(25)8-13-22-18-17-16(20-9-24(18)23-13)15-10(2)11-6-4-5-7-12(11)21-19(15)27-17/h4-7,9H,3,8H2,1-2H3. The number of esters is 1. The van der Waals surface area contributed by atoms with Crippen LogP contribution in [0.3, 0.4) is 0 Å². The molecule has 0 spiro atoms. The molecule has 5 rings (SSSR count). The van der Waals surface area contributed by atoms with Crippen molar-refractivity contribution in [2.75, 3.05) is 6.61 Å². The minimum atomic E-state index is -0.324. The van der Waals surface area contributed by atoms with Crippen molar-refractivity contribution in [3.05, 3.63) is 42.0 Å². The van der Waals surface area contributed by atoms with Crippen molar-refractivity contribution >= 4 is 56.6 Å². The number of carbonyl (C=O) groups is 1. The summed E-state index contributed by atoms with van der Waals surface area (Å²) >= 11 is -0.0107. The second-order valence-electron chi connectivity index (χ2n) is 6.24. The molecule has 0 fully saturated rings. The number of aromatic nitrogens is 5. The van der Waals surface area contributed by atoms with Gasteiger partial charge in [-0.05, 0) is 0 Å². The Balaban J connectivity index is 1.76. The van der Waals surface area contributed by atoms with Crippen LogP contribution in [-0.4, -0.2) is 51.6 Å². The average molecular weight is 424 g/mol. The molecule has 134 valence electrons. The number of ether oxygens (including phenoxy) is 1. The van der Waals surface area contributed by atoms with Gasteiger partial charge in [0.1, 0.15) is 0 Å². The fourth-order valence-corrected chi connectivity index (χ4v) is 5.82. The predicted octanol–water partition coefficient (Wildman–Crippen LogP) is 2.45. The molecule has 0 aliphatic heterocycles. The van der Waals surface area contributed by atoms with Crippen molar-refractivity contribution in [1.29, 1.82) is 0 Å². The Labute approximate surface area is 159 Å². The van der Waals surface area contributed by atoms with Crippen molar-refractivity contribution in [3.63, 3.8) is 0 Å². The summed E-state index contributed by atoms with van der Waals surface area (Å²) in [6.45, 7) is 4.25. The van der Waals surface area contributed by atoms with E-state index in [1.54, 1.807) is 17.8 Å². The van der Waals surface area contributed by atoms with Gasteiger partial charge >= 0.3 is 160 Å². The molecule has 7 nitrogen and oxygen atoms in total. The Hall–Kier alpha value is -2.83. The van der Waals surface area contributed by atoms with Crippen LogP contribution in [-0.2, 0) is 16.0 Å². The summed E-state index contributed by atoms with van der Waals surface area (Å²) in [4.78, 5) is 25.9. The summed E-state index contributed by atoms with van der Waals surface area (Å²) in [5.74, 6) is 0.126. The SMILES string of the molecule is CCOC(=O)Cc1nc2c3[se]c4nc5ccccc5c(C)c4c3ncn2n1. The third-order valence-corrected chi connectivity index (χ3v) is 6.79. The Morgan fingerprint density at radius 1 is 1.26 bits per heavy atom. The topological polar surface area (TPSA) is 82.3 Å². The van der Waals surface area contributed by atoms with Gasteiger partial charge in [0, 0.05) is 0 Å². The van der Waals surface area contributed by atoms with Gasteiger partial charge in [-0.2, -0.15) is 0 Å². The van der Waals surface area contributed by atoms with Crippen LogP contribution in [0.2, 0.25) is 0 Å². The molecule has 0 bridgehead atoms. The number of para-hydroxylation sites is 1. The number of rotatable bonds is 3. The van der Waals surface area contributed by atoms with E-state index in [1.165, 1.54) is 5.56 Å². The van der Waals surface area contributed by atoms with Crippen LogP contribution in [0.1, 0.15) is 18.3 Å². The average Bonchev–Trinajstić information content (AvgIpc) is 3.22. The van der Waals surface area contributed by atoms with Crippen LogP contribution >= 0.6 is 0 Å². The van der Waals surface area contributed by atoms with Gasteiger partial charge in [-0.1, -0.05) is 0 Å². The number of benzene rings is 1. The summed E-state index contributed by atoms with van der Waals surface area (Å²) in [7, 11) is 0. The first-order valence-corrected chi connectivity index (χ1v) is 10.3. The quantitative estimate of drug-likeness (QED) is 0.327. The van der Waals surface area contributed by atoms with Gasteiger partial charge in [-0.3, -0.25) is 0 Å². The molecule has 8 heteroatoms. The van der Waals surface area contributed by atoms with E-state index in [1.807, 2.05) is 18.2 Å². The molecule has 0 radical (unpaired) electrons. The number of hydrogen-bond acceptors (Lipinski definition) is 6. The third-order valence-electron chi connectivity index (χ3n) is 4.55. The van der Waals surface area contributed by atoms with Gasteiger partial charge in [0.25, 0.3) is 0 Å². The number of nitrogens with zero attached hydrogens (tertiary/aromatic N) is 5. The van der Waals surface area contributed by atoms with Crippen molar-refractivity contribution < 1.29 is 9.53 Å². The monoisotopic (exact) mass is 425 g/mol. The summed E-state index contributed by atoms with van der Waals surface area (Å²) < 4.78 is 8.78. The van der Waals surface area contributed by atoms with E-state index in [-0.39, 0.29) is 26.9 Å². The Kier molecular flexibility index (Phi) is 3.70. The maximum absolute atomic E-state index is 11.7. The van der Waals surface area contributed by atoms with Crippen LogP contribution in [0, 0.1) is 6.92 Å². The first-order valence-electron chi connectivity index (χ1n) is 8.63. The maximum atomic E-state index is 11.7. The fraction of sp³-hybridized carbons (Fsp3) is 0.211. The zero-order valence-electron chi connectivity index (χ0n) is 14.8. The molecular formula is C19H15N5O2Se. The van der Waals surface area contributed by atoms with Crippen molar-refractivity contribution in [3.8, 4) is 0 Å². The zero-order valence-corrected chi connectivity index (χ0v) is 16.5. The van der Waals surface area contributed by atoms with Gasteiger partial charge in [-0.25, -0.2) is 0 Å². The number of fused-ring (bicyclic) bond motifs is 6. The second-order valence-corrected chi connectivity index (χ2v) is 8.33. The molecule has 1 aromatic carbocycles. The normalized spacial score (nSPS) is 11.8. The molecule has 4 heterocycles. The molecule has 27 heavy (non-hydrogen) atoms. The van der Waals surface area contributed by atoms with Gasteiger partial charge < -0.3 is 0 Å². The van der Waals surface area contributed by atoms with E-state index in [9.17, 15) is 4.79 Å². The summed E-state index contributed by atoms with van der Waals surface area (Å²) in [6, 6.07) is 8.17. The van der Waals surface area contributed by atoms with Crippen molar-refractivity contribution in [1.82, 2.24) is 24.6 Å². The molecule has 5 aromatic rings. The Morgan fingerprint density at radius 3 is 2.96 bits per heavy atom. The van der Waals surface area contributed by atoms with Crippen LogP contribution in [0.15, 0.2) is 30.6 Å². The number of carbonyl (C=O) groups excluding carboxylic acids is 1. The molecular weight excluding hydrogens is 409 g/mol. The molecule has 0 unspecified atom stereocenters. The third kappa shape index (κ3) is 2.52. The zero-order chi connectivity index (χ0) is 18.5. The summed E-state index contributed by atoms with van der Waals surface area (Å²) in [6.07, 6.45) is 1.72. The van der Waals surface area contributed by atoms with E-state index in [0.29, 0.717) is 12.4 Å². The molecule has 0 aliphatic rings. The Morgan fingerprint density at radius 2 is 2.11 bits per heavy atom. The first-order chi connectivity index (χ1) is 13.2. The van der Waals surface area contributed by atoms with Gasteiger partial charge in [-0.15, -0.1) is 0 Å². The molecule has 0 amide bonds. The van der Waals surface area contributed by atoms with Crippen molar-refractivity contribution in [2.24, 2.45) is 0 Å². The molecule has 0 aliphatic carbocycles. The molecule has 4 aromatic heterocycles. The van der Waals surface area contributed by atoms with Crippen LogP contribution in [0.5, 0.6) is 0 Å². The van der Waals surface area contributed by atoms with E-state index in [4.69, 9.17) is 9.72 Å². The number of hydrogen-bond donors (Lipinski definition) is 0. The van der Waals surface area contributed by atoms with Gasteiger partial charge in [0.2, 0.25) is 0 Å². The second kappa shape index (κ2) is 6.11. The predicted molar refractivity (Wildman–Crippen MR) is 103 cm³/mol. The van der Waals surface area contributed by atoms with E-state index >= 15 is 0 Å². The summed E-state index contributed by atoms with van der Waals surface area (Å²) in [5.41, 5.74) is 3.88. The first kappa shape index (κ1) is 16.4. The van der Waals surface area contributed by atoms with Crippen LogP contribution in [0.25, 0.3) is 36.1 Å². The van der Waals surface area contributed by atoms with E-state index < -0.39 is 0 Å². The minimum absolute atomic E-state index is 0.0107. The molecule has 0 atom stereocenters. The molecule has 0 saturated carbocycles. The summed E-state index contributed by atoms with van der Waals surface area (Å²) in [5, 5.41) is 6.64. The van der Waals surface area contributed by atoms with Crippen LogP contribution < -0.4 is 0 Å². The number of aryl methyl sites for hydroxylation is 1. The van der Waals surface area contributed by atoms with E-state index in [0.717, 1.165) is 36.1 Å². The van der Waals surface area contributed by atoms with Crippen molar-refractivity contribution in [2.45, 2.75) is 20.3 Å². The van der Waals surface area contributed by atoms with Gasteiger partial charge in [0.15, 0.2) is 0 Å². The fourth-order valence-electron chi connectivity index (χ4n) is 3.37.